The van der Waals surface area contributed by atoms with Gasteiger partial charge in [-0.15, -0.1) is 0 Å². The number of carbonyl (C=O) groups is 2. The van der Waals surface area contributed by atoms with Crippen molar-refractivity contribution in [3.05, 3.63) is 23.9 Å². The molecule has 3 atom stereocenters. The SMILES string of the molecule is CO[C@@H]1CC[C@@H](NC(=O)c2ccnc(NC(C)=O)c2)[C@H]1O. The summed E-state index contributed by atoms with van der Waals surface area (Å²) < 4.78 is 5.14. The number of hydrogen-bond acceptors (Lipinski definition) is 5. The fourth-order valence-electron chi connectivity index (χ4n) is 2.43. The summed E-state index contributed by atoms with van der Waals surface area (Å²) in [5.41, 5.74) is 0.377. The fraction of sp³-hybridized carbons (Fsp3) is 0.500. The summed E-state index contributed by atoms with van der Waals surface area (Å²) in [5, 5.41) is 15.3. The van der Waals surface area contributed by atoms with Gasteiger partial charge in [-0.2, -0.15) is 0 Å². The fourth-order valence-corrected chi connectivity index (χ4v) is 2.43. The lowest BCUT2D eigenvalue weighted by Gasteiger charge is -2.19. The Kier molecular flexibility index (Phi) is 4.87. The summed E-state index contributed by atoms with van der Waals surface area (Å²) in [6.07, 6.45) is 1.85. The van der Waals surface area contributed by atoms with E-state index in [1.165, 1.54) is 19.2 Å². The Morgan fingerprint density at radius 1 is 1.43 bits per heavy atom. The van der Waals surface area contributed by atoms with Crippen LogP contribution < -0.4 is 10.6 Å². The predicted octanol–water partition coefficient (Wildman–Crippen LogP) is 0.308. The number of nitrogens with one attached hydrogen (secondary N) is 2. The summed E-state index contributed by atoms with van der Waals surface area (Å²) in [6.45, 7) is 1.37. The van der Waals surface area contributed by atoms with Crippen molar-refractivity contribution in [3.8, 4) is 0 Å². The van der Waals surface area contributed by atoms with E-state index < -0.39 is 6.10 Å². The minimum absolute atomic E-state index is 0.248. The van der Waals surface area contributed by atoms with E-state index in [1.54, 1.807) is 13.2 Å². The largest absolute Gasteiger partial charge is 0.388 e. The topological polar surface area (TPSA) is 101 Å². The highest BCUT2D eigenvalue weighted by Crippen LogP contribution is 2.22. The Hall–Kier alpha value is -1.99. The number of aliphatic hydroxyl groups is 1. The van der Waals surface area contributed by atoms with Crippen LogP contribution in [0.25, 0.3) is 0 Å². The van der Waals surface area contributed by atoms with E-state index in [0.717, 1.165) is 0 Å². The van der Waals surface area contributed by atoms with E-state index in [1.807, 2.05) is 0 Å². The molecule has 21 heavy (non-hydrogen) atoms. The molecule has 1 aliphatic carbocycles. The van der Waals surface area contributed by atoms with Crippen molar-refractivity contribution in [2.45, 2.75) is 38.0 Å². The molecule has 7 nitrogen and oxygen atoms in total. The molecule has 0 saturated heterocycles. The number of pyridine rings is 1. The van der Waals surface area contributed by atoms with E-state index in [9.17, 15) is 14.7 Å². The van der Waals surface area contributed by atoms with Crippen LogP contribution in [-0.4, -0.2) is 47.3 Å². The van der Waals surface area contributed by atoms with Crippen LogP contribution in [0.3, 0.4) is 0 Å². The monoisotopic (exact) mass is 293 g/mol. The first kappa shape index (κ1) is 15.4. The number of hydrogen-bond donors (Lipinski definition) is 3. The molecule has 1 fully saturated rings. The Morgan fingerprint density at radius 3 is 2.81 bits per heavy atom. The molecule has 3 N–H and O–H groups in total. The van der Waals surface area contributed by atoms with Crippen molar-refractivity contribution >= 4 is 17.6 Å². The number of anilines is 1. The van der Waals surface area contributed by atoms with Crippen LogP contribution in [0.2, 0.25) is 0 Å². The van der Waals surface area contributed by atoms with Crippen LogP contribution in [0, 0.1) is 0 Å². The zero-order valence-electron chi connectivity index (χ0n) is 12.0. The first-order chi connectivity index (χ1) is 10.0. The third kappa shape index (κ3) is 3.77. The third-order valence-electron chi connectivity index (χ3n) is 3.50. The molecular formula is C14H19N3O4. The summed E-state index contributed by atoms with van der Waals surface area (Å²) in [4.78, 5) is 27.1. The molecule has 1 aliphatic rings. The molecule has 7 heteroatoms. The number of aromatic nitrogens is 1. The Labute approximate surface area is 122 Å². The standard InChI is InChI=1S/C14H19N3O4/c1-8(18)16-12-7-9(5-6-15-12)14(20)17-10-3-4-11(21-2)13(10)19/h5-7,10-11,13,19H,3-4H2,1-2H3,(H,17,20)(H,15,16,18)/t10-,11-,13-/m1/s1. The smallest absolute Gasteiger partial charge is 0.251 e. The van der Waals surface area contributed by atoms with Gasteiger partial charge in [0.1, 0.15) is 11.9 Å². The lowest BCUT2D eigenvalue weighted by atomic mass is 10.1. The van der Waals surface area contributed by atoms with E-state index in [2.05, 4.69) is 15.6 Å². The number of aliphatic hydroxyl groups excluding tert-OH is 1. The number of methoxy groups -OCH3 is 1. The van der Waals surface area contributed by atoms with Crippen molar-refractivity contribution in [3.63, 3.8) is 0 Å². The highest BCUT2D eigenvalue weighted by Gasteiger charge is 2.35. The van der Waals surface area contributed by atoms with Crippen LogP contribution in [0.5, 0.6) is 0 Å². The molecule has 1 saturated carbocycles. The number of carbonyl (C=O) groups excluding carboxylic acids is 2. The predicted molar refractivity (Wildman–Crippen MR) is 75.8 cm³/mol. The Bertz CT molecular complexity index is 535. The summed E-state index contributed by atoms with van der Waals surface area (Å²) >= 11 is 0. The van der Waals surface area contributed by atoms with Gasteiger partial charge in [-0.25, -0.2) is 4.98 Å². The number of rotatable bonds is 4. The van der Waals surface area contributed by atoms with Gasteiger partial charge in [0.05, 0.1) is 12.1 Å². The molecule has 1 aromatic rings. The van der Waals surface area contributed by atoms with E-state index >= 15 is 0 Å². The zero-order chi connectivity index (χ0) is 15.4. The highest BCUT2D eigenvalue weighted by molar-refractivity contribution is 5.96. The first-order valence-corrected chi connectivity index (χ1v) is 6.76. The second-order valence-corrected chi connectivity index (χ2v) is 5.03. The molecule has 0 spiro atoms. The van der Waals surface area contributed by atoms with Gasteiger partial charge in [-0.1, -0.05) is 0 Å². The minimum Gasteiger partial charge on any atom is -0.388 e. The lowest BCUT2D eigenvalue weighted by molar-refractivity contribution is -0.114. The average Bonchev–Trinajstić information content (AvgIpc) is 2.79. The van der Waals surface area contributed by atoms with Crippen molar-refractivity contribution in [2.24, 2.45) is 0 Å². The van der Waals surface area contributed by atoms with E-state index in [-0.39, 0.29) is 24.0 Å². The van der Waals surface area contributed by atoms with Gasteiger partial charge in [-0.3, -0.25) is 9.59 Å². The normalized spacial score (nSPS) is 24.6. The summed E-state index contributed by atoms with van der Waals surface area (Å²) in [7, 11) is 1.54. The van der Waals surface area contributed by atoms with Gasteiger partial charge in [0, 0.05) is 25.8 Å². The van der Waals surface area contributed by atoms with Gasteiger partial charge >= 0.3 is 0 Å². The molecule has 0 bridgehead atoms. The third-order valence-corrected chi connectivity index (χ3v) is 3.50. The summed E-state index contributed by atoms with van der Waals surface area (Å²) in [6, 6.07) is 2.71. The average molecular weight is 293 g/mol. The van der Waals surface area contributed by atoms with Crippen molar-refractivity contribution < 1.29 is 19.4 Å². The second kappa shape index (κ2) is 6.64. The van der Waals surface area contributed by atoms with Gasteiger partial charge in [0.2, 0.25) is 5.91 Å². The van der Waals surface area contributed by atoms with Crippen LogP contribution in [-0.2, 0) is 9.53 Å². The van der Waals surface area contributed by atoms with Gasteiger partial charge < -0.3 is 20.5 Å². The van der Waals surface area contributed by atoms with Gasteiger partial charge in [0.25, 0.3) is 5.91 Å². The van der Waals surface area contributed by atoms with Crippen LogP contribution >= 0.6 is 0 Å². The van der Waals surface area contributed by atoms with Gasteiger partial charge in [-0.05, 0) is 25.0 Å². The number of ether oxygens (including phenoxy) is 1. The van der Waals surface area contributed by atoms with Gasteiger partial charge in [0.15, 0.2) is 0 Å². The molecule has 114 valence electrons. The Morgan fingerprint density at radius 2 is 2.19 bits per heavy atom. The second-order valence-electron chi connectivity index (χ2n) is 5.03. The number of amides is 2. The maximum absolute atomic E-state index is 12.2. The van der Waals surface area contributed by atoms with E-state index in [4.69, 9.17) is 4.74 Å². The quantitative estimate of drug-likeness (QED) is 0.741. The zero-order valence-corrected chi connectivity index (χ0v) is 12.0. The molecule has 1 heterocycles. The molecule has 1 aromatic heterocycles. The van der Waals surface area contributed by atoms with Crippen molar-refractivity contribution in [1.82, 2.24) is 10.3 Å². The molecular weight excluding hydrogens is 274 g/mol. The maximum atomic E-state index is 12.2. The van der Waals surface area contributed by atoms with Crippen LogP contribution in [0.15, 0.2) is 18.3 Å². The Balaban J connectivity index is 2.02. The molecule has 0 unspecified atom stereocenters. The number of nitrogens with zero attached hydrogens (tertiary/aromatic N) is 1. The minimum atomic E-state index is -0.712. The van der Waals surface area contributed by atoms with E-state index in [0.29, 0.717) is 24.2 Å². The molecule has 0 aromatic carbocycles. The molecule has 0 aliphatic heterocycles. The highest BCUT2D eigenvalue weighted by atomic mass is 16.5. The van der Waals surface area contributed by atoms with Crippen molar-refractivity contribution in [1.29, 1.82) is 0 Å². The lowest BCUT2D eigenvalue weighted by Crippen LogP contribution is -2.43. The molecule has 0 radical (unpaired) electrons. The molecule has 2 amide bonds. The molecule has 2 rings (SSSR count). The first-order valence-electron chi connectivity index (χ1n) is 6.76. The summed E-state index contributed by atoms with van der Waals surface area (Å²) in [5.74, 6) is -0.254. The van der Waals surface area contributed by atoms with Crippen LogP contribution in [0.4, 0.5) is 5.82 Å². The maximum Gasteiger partial charge on any atom is 0.251 e. The van der Waals surface area contributed by atoms with Crippen molar-refractivity contribution in [2.75, 3.05) is 12.4 Å². The van der Waals surface area contributed by atoms with Crippen LogP contribution in [0.1, 0.15) is 30.1 Å².